The van der Waals surface area contributed by atoms with Gasteiger partial charge in [-0.3, -0.25) is 0 Å². The molecule has 2 nitrogen and oxygen atoms in total. The molecule has 0 unspecified atom stereocenters. The van der Waals surface area contributed by atoms with Gasteiger partial charge in [0.15, 0.2) is 0 Å². The monoisotopic (exact) mass is 284 g/mol. The van der Waals surface area contributed by atoms with E-state index in [0.717, 1.165) is 6.42 Å². The third-order valence-electron chi connectivity index (χ3n) is 2.89. The summed E-state index contributed by atoms with van der Waals surface area (Å²) in [4.78, 5) is 0. The minimum Gasteiger partial charge on any atom is -0.492 e. The Labute approximate surface area is 124 Å². The van der Waals surface area contributed by atoms with Gasteiger partial charge in [0.25, 0.3) is 0 Å². The third-order valence-corrected chi connectivity index (χ3v) is 2.89. The van der Waals surface area contributed by atoms with Gasteiger partial charge in [0.05, 0.1) is 18.8 Å². The van der Waals surface area contributed by atoms with E-state index in [1.54, 1.807) is 6.07 Å². The SMILES string of the molecule is OCCC#Cc1cc(F)ccc1OCCc1ccccc1. The fraction of sp³-hybridized carbons (Fsp3) is 0.222. The predicted molar refractivity (Wildman–Crippen MR) is 80.6 cm³/mol. The molecule has 108 valence electrons. The highest BCUT2D eigenvalue weighted by Gasteiger charge is 2.03. The van der Waals surface area contributed by atoms with E-state index >= 15 is 0 Å². The number of hydrogen-bond donors (Lipinski definition) is 1. The van der Waals surface area contributed by atoms with Gasteiger partial charge >= 0.3 is 0 Å². The molecule has 0 heterocycles. The molecular formula is C18H17FO2. The lowest BCUT2D eigenvalue weighted by Gasteiger charge is -2.08. The van der Waals surface area contributed by atoms with Gasteiger partial charge in [-0.05, 0) is 23.8 Å². The highest BCUT2D eigenvalue weighted by molar-refractivity contribution is 5.46. The van der Waals surface area contributed by atoms with E-state index in [2.05, 4.69) is 11.8 Å². The first-order chi connectivity index (χ1) is 10.3. The van der Waals surface area contributed by atoms with Crippen LogP contribution in [0.15, 0.2) is 48.5 Å². The van der Waals surface area contributed by atoms with Crippen LogP contribution in [0.5, 0.6) is 5.75 Å². The maximum atomic E-state index is 13.3. The smallest absolute Gasteiger partial charge is 0.135 e. The summed E-state index contributed by atoms with van der Waals surface area (Å²) in [6.45, 7) is 0.497. The Balaban J connectivity index is 2.01. The van der Waals surface area contributed by atoms with Crippen molar-refractivity contribution in [1.82, 2.24) is 0 Å². The first-order valence-electron chi connectivity index (χ1n) is 6.85. The summed E-state index contributed by atoms with van der Waals surface area (Å²) < 4.78 is 19.0. The molecule has 0 aliphatic rings. The van der Waals surface area contributed by atoms with Crippen molar-refractivity contribution in [2.75, 3.05) is 13.2 Å². The van der Waals surface area contributed by atoms with E-state index in [1.165, 1.54) is 17.7 Å². The molecule has 0 bridgehead atoms. The van der Waals surface area contributed by atoms with Crippen molar-refractivity contribution in [1.29, 1.82) is 0 Å². The molecule has 21 heavy (non-hydrogen) atoms. The van der Waals surface area contributed by atoms with Crippen LogP contribution >= 0.6 is 0 Å². The molecule has 0 atom stereocenters. The molecule has 0 saturated carbocycles. The third kappa shape index (κ3) is 4.94. The molecule has 2 rings (SSSR count). The number of aliphatic hydroxyl groups is 1. The van der Waals surface area contributed by atoms with Crippen molar-refractivity contribution < 1.29 is 14.2 Å². The van der Waals surface area contributed by atoms with Gasteiger partial charge in [0.1, 0.15) is 11.6 Å². The van der Waals surface area contributed by atoms with Gasteiger partial charge in [-0.1, -0.05) is 42.2 Å². The Morgan fingerprint density at radius 1 is 1.10 bits per heavy atom. The molecule has 2 aromatic carbocycles. The zero-order valence-electron chi connectivity index (χ0n) is 11.7. The first kappa shape index (κ1) is 15.1. The van der Waals surface area contributed by atoms with Crippen LogP contribution in [-0.2, 0) is 6.42 Å². The van der Waals surface area contributed by atoms with Crippen LogP contribution in [0.2, 0.25) is 0 Å². The predicted octanol–water partition coefficient (Wildman–Crippen LogP) is 3.18. The van der Waals surface area contributed by atoms with Gasteiger partial charge < -0.3 is 9.84 Å². The molecular weight excluding hydrogens is 267 g/mol. The van der Waals surface area contributed by atoms with Crippen LogP contribution < -0.4 is 4.74 Å². The van der Waals surface area contributed by atoms with E-state index in [-0.39, 0.29) is 12.4 Å². The molecule has 0 aliphatic heterocycles. The zero-order valence-corrected chi connectivity index (χ0v) is 11.7. The second kappa shape index (κ2) is 8.08. The van der Waals surface area contributed by atoms with Gasteiger partial charge in [0.2, 0.25) is 0 Å². The van der Waals surface area contributed by atoms with Crippen LogP contribution in [0.4, 0.5) is 4.39 Å². The summed E-state index contributed by atoms with van der Waals surface area (Å²) in [5.74, 6) is 5.83. The summed E-state index contributed by atoms with van der Waals surface area (Å²) in [7, 11) is 0. The largest absolute Gasteiger partial charge is 0.492 e. The Bertz CT molecular complexity index is 627. The van der Waals surface area contributed by atoms with Gasteiger partial charge in [-0.15, -0.1) is 0 Å². The van der Waals surface area contributed by atoms with E-state index in [4.69, 9.17) is 9.84 Å². The van der Waals surface area contributed by atoms with Crippen LogP contribution in [0.3, 0.4) is 0 Å². The van der Waals surface area contributed by atoms with Crippen LogP contribution in [-0.4, -0.2) is 18.3 Å². The number of ether oxygens (including phenoxy) is 1. The van der Waals surface area contributed by atoms with Crippen LogP contribution in [0.25, 0.3) is 0 Å². The number of benzene rings is 2. The summed E-state index contributed by atoms with van der Waals surface area (Å²) in [6.07, 6.45) is 1.14. The zero-order chi connectivity index (χ0) is 14.9. The van der Waals surface area contributed by atoms with E-state index in [9.17, 15) is 4.39 Å². The maximum Gasteiger partial charge on any atom is 0.135 e. The lowest BCUT2D eigenvalue weighted by molar-refractivity contribution is 0.305. The Morgan fingerprint density at radius 3 is 2.67 bits per heavy atom. The average Bonchev–Trinajstić information content (AvgIpc) is 2.51. The Kier molecular flexibility index (Phi) is 5.81. The number of halogens is 1. The molecule has 0 fully saturated rings. The number of hydrogen-bond acceptors (Lipinski definition) is 2. The van der Waals surface area contributed by atoms with E-state index in [0.29, 0.717) is 24.3 Å². The maximum absolute atomic E-state index is 13.3. The van der Waals surface area contributed by atoms with E-state index in [1.807, 2.05) is 30.3 Å². The van der Waals surface area contributed by atoms with Crippen molar-refractivity contribution >= 4 is 0 Å². The standard InChI is InChI=1S/C18H17FO2/c19-17-9-10-18(16(14-17)8-4-5-12-20)21-13-11-15-6-2-1-3-7-15/h1-3,6-7,9-10,14,20H,5,11-13H2. The summed E-state index contributed by atoms with van der Waals surface area (Å²) >= 11 is 0. The normalized spacial score (nSPS) is 9.81. The van der Waals surface area contributed by atoms with Crippen LogP contribution in [0, 0.1) is 17.7 Å². The molecule has 0 aromatic heterocycles. The summed E-state index contributed by atoms with van der Waals surface area (Å²) in [5, 5.41) is 8.73. The number of rotatable bonds is 5. The fourth-order valence-electron chi connectivity index (χ4n) is 1.86. The van der Waals surface area contributed by atoms with Crippen molar-refractivity contribution in [3.8, 4) is 17.6 Å². The van der Waals surface area contributed by atoms with Crippen molar-refractivity contribution in [2.24, 2.45) is 0 Å². The Morgan fingerprint density at radius 2 is 1.90 bits per heavy atom. The second-order valence-electron chi connectivity index (χ2n) is 4.50. The van der Waals surface area contributed by atoms with Gasteiger partial charge in [-0.2, -0.15) is 0 Å². The highest BCUT2D eigenvalue weighted by Crippen LogP contribution is 2.19. The minimum atomic E-state index is -0.348. The topological polar surface area (TPSA) is 29.5 Å². The van der Waals surface area contributed by atoms with Crippen LogP contribution in [0.1, 0.15) is 17.5 Å². The molecule has 0 aliphatic carbocycles. The highest BCUT2D eigenvalue weighted by atomic mass is 19.1. The molecule has 0 saturated heterocycles. The second-order valence-corrected chi connectivity index (χ2v) is 4.50. The number of aliphatic hydroxyl groups excluding tert-OH is 1. The lowest BCUT2D eigenvalue weighted by Crippen LogP contribution is -2.02. The summed E-state index contributed by atoms with van der Waals surface area (Å²) in [6, 6.07) is 14.3. The molecule has 0 spiro atoms. The quantitative estimate of drug-likeness (QED) is 0.855. The Hall–Kier alpha value is -2.31. The van der Waals surface area contributed by atoms with Gasteiger partial charge in [-0.25, -0.2) is 4.39 Å². The molecule has 0 radical (unpaired) electrons. The van der Waals surface area contributed by atoms with Crippen molar-refractivity contribution in [3.63, 3.8) is 0 Å². The van der Waals surface area contributed by atoms with E-state index < -0.39 is 0 Å². The molecule has 3 heteroatoms. The minimum absolute atomic E-state index is 0.00743. The molecule has 0 amide bonds. The average molecular weight is 284 g/mol. The van der Waals surface area contributed by atoms with Crippen molar-refractivity contribution in [3.05, 3.63) is 65.5 Å². The lowest BCUT2D eigenvalue weighted by atomic mass is 10.1. The molecule has 2 aromatic rings. The van der Waals surface area contributed by atoms with Crippen molar-refractivity contribution in [2.45, 2.75) is 12.8 Å². The first-order valence-corrected chi connectivity index (χ1v) is 6.85. The van der Waals surface area contributed by atoms with Gasteiger partial charge in [0, 0.05) is 12.8 Å². The fourth-order valence-corrected chi connectivity index (χ4v) is 1.86. The summed E-state index contributed by atoms with van der Waals surface area (Å²) in [5.41, 5.74) is 1.70. The molecule has 1 N–H and O–H groups in total.